The van der Waals surface area contributed by atoms with E-state index in [2.05, 4.69) is 17.2 Å². The third kappa shape index (κ3) is 7.00. The van der Waals surface area contributed by atoms with Crippen LogP contribution < -0.4 is 10.6 Å². The van der Waals surface area contributed by atoms with Gasteiger partial charge in [-0.05, 0) is 20.4 Å². The Kier molecular flexibility index (Phi) is 7.20. The Morgan fingerprint density at radius 2 is 1.88 bits per heavy atom. The predicted molar refractivity (Wildman–Crippen MR) is 64.1 cm³/mol. The van der Waals surface area contributed by atoms with Crippen LogP contribution in [0, 0.1) is 0 Å². The first kappa shape index (κ1) is 14.6. The Labute approximate surface area is 96.9 Å². The van der Waals surface area contributed by atoms with Gasteiger partial charge in [0.1, 0.15) is 0 Å². The zero-order valence-corrected chi connectivity index (χ0v) is 10.3. The molecule has 0 spiro atoms. The number of carbonyl (C=O) groups is 2. The van der Waals surface area contributed by atoms with Crippen molar-refractivity contribution >= 4 is 11.9 Å². The lowest BCUT2D eigenvalue weighted by atomic mass is 10.3. The van der Waals surface area contributed by atoms with Gasteiger partial charge in [-0.3, -0.25) is 15.0 Å². The van der Waals surface area contributed by atoms with E-state index in [0.29, 0.717) is 13.1 Å². The Hall–Kier alpha value is -1.36. The van der Waals surface area contributed by atoms with E-state index in [-0.39, 0.29) is 12.5 Å². The molecule has 0 radical (unpaired) electrons. The van der Waals surface area contributed by atoms with E-state index in [4.69, 9.17) is 0 Å². The van der Waals surface area contributed by atoms with Crippen LogP contribution in [0.25, 0.3) is 0 Å². The molecule has 0 fully saturated rings. The van der Waals surface area contributed by atoms with Crippen molar-refractivity contribution < 1.29 is 9.59 Å². The number of urea groups is 1. The summed E-state index contributed by atoms with van der Waals surface area (Å²) in [7, 11) is 0. The molecule has 0 saturated heterocycles. The highest BCUT2D eigenvalue weighted by Crippen LogP contribution is 1.94. The average Bonchev–Trinajstić information content (AvgIpc) is 2.15. The van der Waals surface area contributed by atoms with Gasteiger partial charge in [0, 0.05) is 13.1 Å². The smallest absolute Gasteiger partial charge is 0.321 e. The number of likely N-dealkylation sites (N-methyl/N-ethyl adjacent to an activating group) is 1. The second-order valence-electron chi connectivity index (χ2n) is 3.67. The fraction of sp³-hybridized carbons (Fsp3) is 0.636. The van der Waals surface area contributed by atoms with Crippen LogP contribution in [0.1, 0.15) is 20.8 Å². The summed E-state index contributed by atoms with van der Waals surface area (Å²) in [6.07, 6.45) is 0. The molecule has 0 atom stereocenters. The van der Waals surface area contributed by atoms with Gasteiger partial charge in [0.05, 0.1) is 6.54 Å². The Bertz CT molecular complexity index is 264. The number of imide groups is 1. The van der Waals surface area contributed by atoms with Crippen LogP contribution in [0.3, 0.4) is 0 Å². The summed E-state index contributed by atoms with van der Waals surface area (Å²) in [5.41, 5.74) is 0.993. The lowest BCUT2D eigenvalue weighted by Gasteiger charge is -2.19. The minimum absolute atomic E-state index is 0.209. The van der Waals surface area contributed by atoms with Crippen molar-refractivity contribution in [2.24, 2.45) is 0 Å². The van der Waals surface area contributed by atoms with Crippen LogP contribution in [-0.4, -0.2) is 43.0 Å². The molecule has 2 N–H and O–H groups in total. The number of hydrogen-bond donors (Lipinski definition) is 2. The van der Waals surface area contributed by atoms with Crippen molar-refractivity contribution in [2.75, 3.05) is 26.2 Å². The zero-order valence-electron chi connectivity index (χ0n) is 10.3. The number of nitrogens with one attached hydrogen (secondary N) is 2. The fourth-order valence-electron chi connectivity index (χ4n) is 1.24. The first-order valence-corrected chi connectivity index (χ1v) is 5.44. The summed E-state index contributed by atoms with van der Waals surface area (Å²) in [6, 6.07) is -0.445. The molecule has 0 aliphatic carbocycles. The third-order valence-electron chi connectivity index (χ3n) is 1.90. The van der Waals surface area contributed by atoms with Gasteiger partial charge in [0.25, 0.3) is 0 Å². The van der Waals surface area contributed by atoms with Gasteiger partial charge in [0.15, 0.2) is 0 Å². The third-order valence-corrected chi connectivity index (χ3v) is 1.90. The van der Waals surface area contributed by atoms with E-state index in [1.54, 1.807) is 6.92 Å². The summed E-state index contributed by atoms with van der Waals surface area (Å²) in [6.45, 7) is 11.6. The van der Waals surface area contributed by atoms with Gasteiger partial charge >= 0.3 is 6.03 Å². The van der Waals surface area contributed by atoms with E-state index in [9.17, 15) is 9.59 Å². The molecule has 0 aliphatic rings. The molecule has 16 heavy (non-hydrogen) atoms. The van der Waals surface area contributed by atoms with Gasteiger partial charge in [-0.1, -0.05) is 19.1 Å². The molecule has 5 heteroatoms. The second kappa shape index (κ2) is 7.87. The van der Waals surface area contributed by atoms with Gasteiger partial charge < -0.3 is 5.32 Å². The molecule has 0 aromatic rings. The van der Waals surface area contributed by atoms with E-state index < -0.39 is 6.03 Å². The highest BCUT2D eigenvalue weighted by molar-refractivity contribution is 5.95. The van der Waals surface area contributed by atoms with Gasteiger partial charge in [-0.2, -0.15) is 0 Å². The summed E-state index contributed by atoms with van der Waals surface area (Å²) < 4.78 is 0. The van der Waals surface area contributed by atoms with E-state index in [1.807, 2.05) is 18.7 Å². The van der Waals surface area contributed by atoms with E-state index >= 15 is 0 Å². The SMILES string of the molecule is C=C(C)CN(CC)CC(=O)NC(=O)NCC. The number of hydrogen-bond acceptors (Lipinski definition) is 3. The summed E-state index contributed by atoms with van der Waals surface area (Å²) in [5, 5.41) is 4.76. The quantitative estimate of drug-likeness (QED) is 0.658. The minimum atomic E-state index is -0.445. The minimum Gasteiger partial charge on any atom is -0.338 e. The second-order valence-corrected chi connectivity index (χ2v) is 3.67. The predicted octanol–water partition coefficient (Wildman–Crippen LogP) is 0.730. The lowest BCUT2D eigenvalue weighted by Crippen LogP contribution is -2.44. The topological polar surface area (TPSA) is 61.4 Å². The molecule has 3 amide bonds. The summed E-state index contributed by atoms with van der Waals surface area (Å²) in [4.78, 5) is 24.4. The zero-order chi connectivity index (χ0) is 12.6. The Balaban J connectivity index is 4.00. The van der Waals surface area contributed by atoms with Gasteiger partial charge in [-0.25, -0.2) is 4.79 Å². The summed E-state index contributed by atoms with van der Waals surface area (Å²) >= 11 is 0. The highest BCUT2D eigenvalue weighted by atomic mass is 16.2. The molecule has 0 aliphatic heterocycles. The van der Waals surface area contributed by atoms with Crippen LogP contribution >= 0.6 is 0 Å². The molecule has 0 aromatic heterocycles. The monoisotopic (exact) mass is 227 g/mol. The normalized spacial score (nSPS) is 10.0. The molecule has 92 valence electrons. The average molecular weight is 227 g/mol. The maximum Gasteiger partial charge on any atom is 0.321 e. The Morgan fingerprint density at radius 3 is 2.31 bits per heavy atom. The molecule has 0 saturated carbocycles. The maximum atomic E-state index is 11.4. The van der Waals surface area contributed by atoms with Crippen molar-refractivity contribution in [3.63, 3.8) is 0 Å². The van der Waals surface area contributed by atoms with Crippen LogP contribution in [-0.2, 0) is 4.79 Å². The molecule has 0 unspecified atom stereocenters. The van der Waals surface area contributed by atoms with Crippen molar-refractivity contribution in [1.82, 2.24) is 15.5 Å². The Morgan fingerprint density at radius 1 is 1.25 bits per heavy atom. The van der Waals surface area contributed by atoms with E-state index in [1.165, 1.54) is 0 Å². The molecule has 5 nitrogen and oxygen atoms in total. The number of carbonyl (C=O) groups excluding carboxylic acids is 2. The standard InChI is InChI=1S/C11H21N3O2/c1-5-12-11(16)13-10(15)8-14(6-2)7-9(3)4/h3,5-8H2,1-2,4H3,(H2,12,13,15,16). The van der Waals surface area contributed by atoms with Crippen LogP contribution in [0.2, 0.25) is 0 Å². The van der Waals surface area contributed by atoms with Gasteiger partial charge in [0.2, 0.25) is 5.91 Å². The van der Waals surface area contributed by atoms with Crippen LogP contribution in [0.5, 0.6) is 0 Å². The van der Waals surface area contributed by atoms with Crippen molar-refractivity contribution in [2.45, 2.75) is 20.8 Å². The molecule has 0 aromatic carbocycles. The lowest BCUT2D eigenvalue weighted by molar-refractivity contribution is -0.121. The number of amides is 3. The van der Waals surface area contributed by atoms with Crippen molar-refractivity contribution in [3.8, 4) is 0 Å². The molecule has 0 heterocycles. The molecular formula is C11H21N3O2. The highest BCUT2D eigenvalue weighted by Gasteiger charge is 2.11. The molecular weight excluding hydrogens is 206 g/mol. The summed E-state index contributed by atoms with van der Waals surface area (Å²) in [5.74, 6) is -0.297. The molecule has 0 bridgehead atoms. The largest absolute Gasteiger partial charge is 0.338 e. The van der Waals surface area contributed by atoms with Gasteiger partial charge in [-0.15, -0.1) is 0 Å². The van der Waals surface area contributed by atoms with Crippen LogP contribution in [0.4, 0.5) is 4.79 Å². The first-order chi connectivity index (χ1) is 7.49. The van der Waals surface area contributed by atoms with Crippen molar-refractivity contribution in [1.29, 1.82) is 0 Å². The molecule has 0 rings (SSSR count). The number of nitrogens with zero attached hydrogens (tertiary/aromatic N) is 1. The fourth-order valence-corrected chi connectivity index (χ4v) is 1.24. The van der Waals surface area contributed by atoms with Crippen LogP contribution in [0.15, 0.2) is 12.2 Å². The van der Waals surface area contributed by atoms with Crippen molar-refractivity contribution in [3.05, 3.63) is 12.2 Å². The maximum absolute atomic E-state index is 11.4. The number of rotatable bonds is 6. The van der Waals surface area contributed by atoms with E-state index in [0.717, 1.165) is 12.1 Å². The first-order valence-electron chi connectivity index (χ1n) is 5.44.